The molecule has 0 saturated carbocycles. The molecule has 0 atom stereocenters. The Hall–Kier alpha value is -3.41. The molecule has 3 aromatic rings. The maximum Gasteiger partial charge on any atom is 0.449 e. The van der Waals surface area contributed by atoms with Crippen molar-refractivity contribution in [1.82, 2.24) is 20.4 Å². The molecule has 2 N–H and O–H groups in total. The van der Waals surface area contributed by atoms with Crippen molar-refractivity contribution >= 4 is 44.7 Å². The van der Waals surface area contributed by atoms with Gasteiger partial charge in [0.05, 0.1) is 11.0 Å². The average Bonchev–Trinajstić information content (AvgIpc) is 3.10. The average molecular weight is 499 g/mol. The number of imidazole rings is 1. The molecule has 1 aromatic heterocycles. The lowest BCUT2D eigenvalue weighted by Crippen LogP contribution is -2.43. The van der Waals surface area contributed by atoms with E-state index in [0.717, 1.165) is 4.47 Å². The third-order valence-electron chi connectivity index (χ3n) is 3.98. The predicted molar refractivity (Wildman–Crippen MR) is 105 cm³/mol. The molecule has 0 bridgehead atoms. The maximum atomic E-state index is 13.2. The van der Waals surface area contributed by atoms with Crippen LogP contribution in [0.15, 0.2) is 53.0 Å². The number of hydrogen-bond donors (Lipinski definition) is 2. The number of nitrogens with one attached hydrogen (secondary N) is 2. The van der Waals surface area contributed by atoms with Crippen LogP contribution >= 0.6 is 15.9 Å². The number of ether oxygens (including phenoxy) is 1. The highest BCUT2D eigenvalue weighted by molar-refractivity contribution is 9.10. The molecule has 0 saturated heterocycles. The first-order valence-electron chi connectivity index (χ1n) is 8.68. The molecule has 0 unspecified atom stereocenters. The smallest absolute Gasteiger partial charge is 0.449 e. The number of para-hydroxylation sites is 2. The lowest BCUT2D eigenvalue weighted by Gasteiger charge is -2.11. The molecule has 0 aliphatic carbocycles. The number of amides is 2. The molecule has 0 fully saturated rings. The zero-order chi connectivity index (χ0) is 22.6. The van der Waals surface area contributed by atoms with Crippen molar-refractivity contribution in [3.63, 3.8) is 0 Å². The Labute approximate surface area is 181 Å². The second-order valence-electron chi connectivity index (χ2n) is 6.18. The SMILES string of the molecule is O=C(COC(=O)Cn1c(C(F)(F)F)nc2ccccc21)NNC(=O)c1ccc(Br)cc1. The van der Waals surface area contributed by atoms with Gasteiger partial charge in [0.2, 0.25) is 5.82 Å². The van der Waals surface area contributed by atoms with Gasteiger partial charge in [-0.2, -0.15) is 13.2 Å². The van der Waals surface area contributed by atoms with Crippen LogP contribution < -0.4 is 10.9 Å². The lowest BCUT2D eigenvalue weighted by atomic mass is 10.2. The number of alkyl halides is 3. The molecule has 1 heterocycles. The van der Waals surface area contributed by atoms with E-state index < -0.39 is 42.9 Å². The van der Waals surface area contributed by atoms with Crippen LogP contribution in [0.3, 0.4) is 0 Å². The van der Waals surface area contributed by atoms with E-state index in [9.17, 15) is 27.6 Å². The predicted octanol–water partition coefficient (Wildman–Crippen LogP) is 2.82. The van der Waals surface area contributed by atoms with E-state index in [1.54, 1.807) is 12.1 Å². The highest BCUT2D eigenvalue weighted by atomic mass is 79.9. The second kappa shape index (κ2) is 9.16. The van der Waals surface area contributed by atoms with Gasteiger partial charge < -0.3 is 9.30 Å². The number of hydrogen-bond acceptors (Lipinski definition) is 5. The van der Waals surface area contributed by atoms with Crippen molar-refractivity contribution in [2.45, 2.75) is 12.7 Å². The summed E-state index contributed by atoms with van der Waals surface area (Å²) in [7, 11) is 0. The molecule has 31 heavy (non-hydrogen) atoms. The summed E-state index contributed by atoms with van der Waals surface area (Å²) in [6, 6.07) is 12.1. The van der Waals surface area contributed by atoms with Crippen LogP contribution in [-0.2, 0) is 27.0 Å². The second-order valence-corrected chi connectivity index (χ2v) is 7.09. The third-order valence-corrected chi connectivity index (χ3v) is 4.51. The molecule has 2 amide bonds. The van der Waals surface area contributed by atoms with Crippen molar-refractivity contribution in [3.8, 4) is 0 Å². The van der Waals surface area contributed by atoms with Crippen molar-refractivity contribution in [2.75, 3.05) is 6.61 Å². The summed E-state index contributed by atoms with van der Waals surface area (Å²) in [5, 5.41) is 0. The zero-order valence-electron chi connectivity index (χ0n) is 15.6. The van der Waals surface area contributed by atoms with Gasteiger partial charge in [0, 0.05) is 10.0 Å². The Kier molecular flexibility index (Phi) is 6.59. The molecule has 162 valence electrons. The molecule has 0 spiro atoms. The van der Waals surface area contributed by atoms with Gasteiger partial charge in [0.15, 0.2) is 6.61 Å². The highest BCUT2D eigenvalue weighted by Crippen LogP contribution is 2.31. The van der Waals surface area contributed by atoms with Gasteiger partial charge in [-0.05, 0) is 36.4 Å². The van der Waals surface area contributed by atoms with Crippen LogP contribution in [0.2, 0.25) is 0 Å². The number of carbonyl (C=O) groups is 3. The monoisotopic (exact) mass is 498 g/mol. The summed E-state index contributed by atoms with van der Waals surface area (Å²) in [6.45, 7) is -1.60. The quantitative estimate of drug-likeness (QED) is 0.416. The molecule has 0 radical (unpaired) electrons. The Bertz CT molecular complexity index is 1130. The summed E-state index contributed by atoms with van der Waals surface area (Å²) in [5.74, 6) is -3.81. The number of nitrogens with zero attached hydrogens (tertiary/aromatic N) is 2. The minimum Gasteiger partial charge on any atom is -0.454 e. The van der Waals surface area contributed by atoms with Crippen molar-refractivity contribution < 1.29 is 32.3 Å². The summed E-state index contributed by atoms with van der Waals surface area (Å²) in [6.07, 6.45) is -4.78. The first kappa shape index (κ1) is 22.3. The van der Waals surface area contributed by atoms with Crippen molar-refractivity contribution in [2.24, 2.45) is 0 Å². The Morgan fingerprint density at radius 3 is 2.39 bits per heavy atom. The fourth-order valence-corrected chi connectivity index (χ4v) is 2.87. The van der Waals surface area contributed by atoms with E-state index in [1.165, 1.54) is 36.4 Å². The van der Waals surface area contributed by atoms with Gasteiger partial charge in [0.25, 0.3) is 11.8 Å². The zero-order valence-corrected chi connectivity index (χ0v) is 17.2. The van der Waals surface area contributed by atoms with Crippen LogP contribution in [0.4, 0.5) is 13.2 Å². The first-order valence-corrected chi connectivity index (χ1v) is 9.47. The molecule has 3 rings (SSSR count). The number of rotatable bonds is 5. The third kappa shape index (κ3) is 5.60. The van der Waals surface area contributed by atoms with Gasteiger partial charge in [0.1, 0.15) is 6.54 Å². The van der Waals surface area contributed by atoms with Crippen LogP contribution in [-0.4, -0.2) is 33.9 Å². The highest BCUT2D eigenvalue weighted by Gasteiger charge is 2.38. The van der Waals surface area contributed by atoms with Gasteiger partial charge in [-0.25, -0.2) is 4.98 Å². The standard InChI is InChI=1S/C19H14BrF3N4O4/c20-12-7-5-11(6-8-12)17(30)26-25-15(28)10-31-16(29)9-27-14-4-2-1-3-13(14)24-18(27)19(21,22)23/h1-8H,9-10H2,(H,25,28)(H,26,30). The molecular formula is C19H14BrF3N4O4. The topological polar surface area (TPSA) is 102 Å². The number of esters is 1. The number of hydrazine groups is 1. The Balaban J connectivity index is 1.56. The van der Waals surface area contributed by atoms with Crippen LogP contribution in [0.25, 0.3) is 11.0 Å². The lowest BCUT2D eigenvalue weighted by molar-refractivity contribution is -0.153. The first-order chi connectivity index (χ1) is 14.6. The number of halogens is 4. The molecule has 12 heteroatoms. The minimum atomic E-state index is -4.78. The summed E-state index contributed by atoms with van der Waals surface area (Å²) in [5.41, 5.74) is 4.61. The normalized spacial score (nSPS) is 11.2. The van der Waals surface area contributed by atoms with E-state index in [4.69, 9.17) is 4.74 Å². The van der Waals surface area contributed by atoms with E-state index >= 15 is 0 Å². The largest absolute Gasteiger partial charge is 0.454 e. The van der Waals surface area contributed by atoms with Crippen LogP contribution in [0, 0.1) is 0 Å². The summed E-state index contributed by atoms with van der Waals surface area (Å²) in [4.78, 5) is 39.2. The number of carbonyl (C=O) groups excluding carboxylic acids is 3. The fourth-order valence-electron chi connectivity index (χ4n) is 2.61. The van der Waals surface area contributed by atoms with Gasteiger partial charge >= 0.3 is 12.1 Å². The number of fused-ring (bicyclic) bond motifs is 1. The molecular weight excluding hydrogens is 485 g/mol. The van der Waals surface area contributed by atoms with Crippen molar-refractivity contribution in [3.05, 3.63) is 64.4 Å². The van der Waals surface area contributed by atoms with E-state index in [-0.39, 0.29) is 16.6 Å². The maximum absolute atomic E-state index is 13.2. The Morgan fingerprint density at radius 1 is 1.03 bits per heavy atom. The van der Waals surface area contributed by atoms with E-state index in [1.807, 2.05) is 5.43 Å². The van der Waals surface area contributed by atoms with Gasteiger partial charge in [-0.3, -0.25) is 25.2 Å². The minimum absolute atomic E-state index is 0.0658. The summed E-state index contributed by atoms with van der Waals surface area (Å²) < 4.78 is 45.9. The number of aromatic nitrogens is 2. The van der Waals surface area contributed by atoms with Gasteiger partial charge in [-0.1, -0.05) is 28.1 Å². The summed E-state index contributed by atoms with van der Waals surface area (Å²) >= 11 is 3.22. The van der Waals surface area contributed by atoms with E-state index in [2.05, 4.69) is 26.3 Å². The van der Waals surface area contributed by atoms with E-state index in [0.29, 0.717) is 4.57 Å². The van der Waals surface area contributed by atoms with Crippen LogP contribution in [0.1, 0.15) is 16.2 Å². The van der Waals surface area contributed by atoms with Crippen LogP contribution in [0.5, 0.6) is 0 Å². The number of benzene rings is 2. The fraction of sp³-hybridized carbons (Fsp3) is 0.158. The molecule has 0 aliphatic rings. The molecule has 2 aromatic carbocycles. The molecule has 0 aliphatic heterocycles. The molecule has 8 nitrogen and oxygen atoms in total. The van der Waals surface area contributed by atoms with Gasteiger partial charge in [-0.15, -0.1) is 0 Å². The Morgan fingerprint density at radius 2 is 1.71 bits per heavy atom. The van der Waals surface area contributed by atoms with Crippen molar-refractivity contribution in [1.29, 1.82) is 0 Å².